The number of likely N-dealkylation sites (tertiary alicyclic amines) is 1. The minimum atomic E-state index is 0.764. The molecule has 0 N–H and O–H groups in total. The Morgan fingerprint density at radius 2 is 1.92 bits per heavy atom. The van der Waals surface area contributed by atoms with Crippen LogP contribution in [-0.4, -0.2) is 24.5 Å². The molecular formula is C12H23N. The third kappa shape index (κ3) is 1.63. The second kappa shape index (κ2) is 3.27. The van der Waals surface area contributed by atoms with Crippen LogP contribution in [0.15, 0.2) is 0 Å². The van der Waals surface area contributed by atoms with Gasteiger partial charge in [0.25, 0.3) is 0 Å². The summed E-state index contributed by atoms with van der Waals surface area (Å²) < 4.78 is 0. The first kappa shape index (κ1) is 9.51. The summed E-state index contributed by atoms with van der Waals surface area (Å²) in [5.41, 5.74) is 0.764. The summed E-state index contributed by atoms with van der Waals surface area (Å²) in [5.74, 6) is 0.836. The van der Waals surface area contributed by atoms with Gasteiger partial charge in [0.2, 0.25) is 0 Å². The SMILES string of the molecule is CC(C)[C@@H]1CCC2(CCC2)CN1C. The van der Waals surface area contributed by atoms with Crippen LogP contribution in [0, 0.1) is 11.3 Å². The molecule has 1 saturated heterocycles. The summed E-state index contributed by atoms with van der Waals surface area (Å²) in [7, 11) is 2.32. The van der Waals surface area contributed by atoms with Crippen molar-refractivity contribution in [3.63, 3.8) is 0 Å². The van der Waals surface area contributed by atoms with Gasteiger partial charge < -0.3 is 4.90 Å². The smallest absolute Gasteiger partial charge is 0.0116 e. The molecule has 2 fully saturated rings. The zero-order chi connectivity index (χ0) is 9.47. The molecule has 1 spiro atoms. The first-order chi connectivity index (χ1) is 6.13. The fraction of sp³-hybridized carbons (Fsp3) is 1.00. The second-order valence-corrected chi connectivity index (χ2v) is 5.62. The summed E-state index contributed by atoms with van der Waals surface area (Å²) in [6.45, 7) is 6.09. The summed E-state index contributed by atoms with van der Waals surface area (Å²) in [6.07, 6.45) is 7.43. The highest BCUT2D eigenvalue weighted by Crippen LogP contribution is 2.48. The molecule has 0 radical (unpaired) electrons. The Hall–Kier alpha value is -0.0400. The minimum absolute atomic E-state index is 0.764. The van der Waals surface area contributed by atoms with E-state index >= 15 is 0 Å². The number of nitrogens with zero attached hydrogens (tertiary/aromatic N) is 1. The highest BCUT2D eigenvalue weighted by Gasteiger charge is 2.42. The molecule has 0 bridgehead atoms. The number of piperidine rings is 1. The van der Waals surface area contributed by atoms with Crippen molar-refractivity contribution in [2.45, 2.75) is 52.0 Å². The third-order valence-electron chi connectivity index (χ3n) is 4.31. The summed E-state index contributed by atoms with van der Waals surface area (Å²) in [4.78, 5) is 2.62. The number of hydrogen-bond donors (Lipinski definition) is 0. The van der Waals surface area contributed by atoms with Gasteiger partial charge in [-0.3, -0.25) is 0 Å². The quantitative estimate of drug-likeness (QED) is 0.601. The zero-order valence-corrected chi connectivity index (χ0v) is 9.34. The van der Waals surface area contributed by atoms with E-state index in [2.05, 4.69) is 25.8 Å². The van der Waals surface area contributed by atoms with Gasteiger partial charge in [0.15, 0.2) is 0 Å². The van der Waals surface area contributed by atoms with Gasteiger partial charge in [0.1, 0.15) is 0 Å². The molecule has 1 heterocycles. The van der Waals surface area contributed by atoms with Crippen molar-refractivity contribution in [1.82, 2.24) is 4.90 Å². The van der Waals surface area contributed by atoms with Gasteiger partial charge >= 0.3 is 0 Å². The van der Waals surface area contributed by atoms with Gasteiger partial charge in [-0.1, -0.05) is 20.3 Å². The zero-order valence-electron chi connectivity index (χ0n) is 9.34. The lowest BCUT2D eigenvalue weighted by molar-refractivity contribution is -0.0106. The lowest BCUT2D eigenvalue weighted by Gasteiger charge is -2.52. The summed E-state index contributed by atoms with van der Waals surface area (Å²) in [6, 6.07) is 0.853. The van der Waals surface area contributed by atoms with E-state index in [0.29, 0.717) is 0 Å². The van der Waals surface area contributed by atoms with Crippen LogP contribution in [0.5, 0.6) is 0 Å². The second-order valence-electron chi connectivity index (χ2n) is 5.62. The summed E-state index contributed by atoms with van der Waals surface area (Å²) in [5, 5.41) is 0. The molecule has 76 valence electrons. The van der Waals surface area contributed by atoms with E-state index in [-0.39, 0.29) is 0 Å². The normalized spacial score (nSPS) is 33.7. The molecule has 0 amide bonds. The van der Waals surface area contributed by atoms with Gasteiger partial charge in [-0.2, -0.15) is 0 Å². The third-order valence-corrected chi connectivity index (χ3v) is 4.31. The molecule has 2 aliphatic rings. The molecule has 1 saturated carbocycles. The van der Waals surface area contributed by atoms with Gasteiger partial charge in [-0.25, -0.2) is 0 Å². The van der Waals surface area contributed by atoms with E-state index in [1.54, 1.807) is 0 Å². The topological polar surface area (TPSA) is 3.24 Å². The molecule has 0 aromatic heterocycles. The van der Waals surface area contributed by atoms with E-state index < -0.39 is 0 Å². The predicted molar refractivity (Wildman–Crippen MR) is 56.8 cm³/mol. The van der Waals surface area contributed by atoms with E-state index in [1.165, 1.54) is 38.6 Å². The van der Waals surface area contributed by atoms with Crippen LogP contribution in [0.2, 0.25) is 0 Å². The number of hydrogen-bond acceptors (Lipinski definition) is 1. The molecule has 0 unspecified atom stereocenters. The molecule has 13 heavy (non-hydrogen) atoms. The molecule has 0 aromatic rings. The lowest BCUT2D eigenvalue weighted by Crippen LogP contribution is -2.51. The van der Waals surface area contributed by atoms with Crippen molar-refractivity contribution in [3.8, 4) is 0 Å². The Bertz CT molecular complexity index is 182. The average Bonchev–Trinajstić information content (AvgIpc) is 2.00. The van der Waals surface area contributed by atoms with Gasteiger partial charge in [0, 0.05) is 12.6 Å². The van der Waals surface area contributed by atoms with Crippen LogP contribution in [0.3, 0.4) is 0 Å². The minimum Gasteiger partial charge on any atom is -0.303 e. The fourth-order valence-corrected chi connectivity index (χ4v) is 3.33. The van der Waals surface area contributed by atoms with Crippen LogP contribution in [-0.2, 0) is 0 Å². The van der Waals surface area contributed by atoms with Crippen molar-refractivity contribution in [2.24, 2.45) is 11.3 Å². The van der Waals surface area contributed by atoms with Crippen molar-refractivity contribution in [2.75, 3.05) is 13.6 Å². The Morgan fingerprint density at radius 1 is 1.23 bits per heavy atom. The molecule has 1 nitrogen and oxygen atoms in total. The van der Waals surface area contributed by atoms with Crippen LogP contribution in [0.1, 0.15) is 46.0 Å². The maximum Gasteiger partial charge on any atom is 0.0116 e. The van der Waals surface area contributed by atoms with Crippen LogP contribution in [0.25, 0.3) is 0 Å². The lowest BCUT2D eigenvalue weighted by atomic mass is 9.63. The van der Waals surface area contributed by atoms with Gasteiger partial charge in [-0.15, -0.1) is 0 Å². The molecular weight excluding hydrogens is 158 g/mol. The van der Waals surface area contributed by atoms with E-state index in [9.17, 15) is 0 Å². The maximum atomic E-state index is 2.62. The standard InChI is InChI=1S/C12H23N/c1-10(2)11-5-8-12(6-4-7-12)9-13(11)3/h10-11H,4-9H2,1-3H3/t11-/m0/s1. The Balaban J connectivity index is 1.95. The van der Waals surface area contributed by atoms with Crippen molar-refractivity contribution < 1.29 is 0 Å². The van der Waals surface area contributed by atoms with Crippen molar-refractivity contribution in [1.29, 1.82) is 0 Å². The summed E-state index contributed by atoms with van der Waals surface area (Å²) >= 11 is 0. The maximum absolute atomic E-state index is 2.62. The Kier molecular flexibility index (Phi) is 2.39. The Morgan fingerprint density at radius 3 is 2.31 bits per heavy atom. The van der Waals surface area contributed by atoms with E-state index in [1.807, 2.05) is 0 Å². The van der Waals surface area contributed by atoms with Crippen molar-refractivity contribution in [3.05, 3.63) is 0 Å². The largest absolute Gasteiger partial charge is 0.303 e. The first-order valence-corrected chi connectivity index (χ1v) is 5.83. The van der Waals surface area contributed by atoms with Crippen LogP contribution < -0.4 is 0 Å². The average molecular weight is 181 g/mol. The number of rotatable bonds is 1. The highest BCUT2D eigenvalue weighted by atomic mass is 15.1. The van der Waals surface area contributed by atoms with E-state index in [0.717, 1.165) is 17.4 Å². The monoisotopic (exact) mass is 181 g/mol. The fourth-order valence-electron chi connectivity index (χ4n) is 3.33. The highest BCUT2D eigenvalue weighted by molar-refractivity contribution is 4.96. The van der Waals surface area contributed by atoms with Gasteiger partial charge in [0.05, 0.1) is 0 Å². The van der Waals surface area contributed by atoms with Crippen molar-refractivity contribution >= 4 is 0 Å². The molecule has 1 aliphatic carbocycles. The van der Waals surface area contributed by atoms with Crippen LogP contribution in [0.4, 0.5) is 0 Å². The molecule has 0 aromatic carbocycles. The van der Waals surface area contributed by atoms with Gasteiger partial charge in [-0.05, 0) is 44.1 Å². The molecule has 1 heteroatoms. The Labute approximate surface area is 82.5 Å². The molecule has 2 rings (SSSR count). The molecule has 1 aliphatic heterocycles. The first-order valence-electron chi connectivity index (χ1n) is 5.83. The predicted octanol–water partition coefficient (Wildman–Crippen LogP) is 2.91. The van der Waals surface area contributed by atoms with Crippen LogP contribution >= 0.6 is 0 Å². The molecule has 1 atom stereocenters. The van der Waals surface area contributed by atoms with E-state index in [4.69, 9.17) is 0 Å².